The van der Waals surface area contributed by atoms with Gasteiger partial charge in [-0.25, -0.2) is 0 Å². The van der Waals surface area contributed by atoms with Crippen LogP contribution in [-0.2, 0) is 9.53 Å². The van der Waals surface area contributed by atoms with Gasteiger partial charge in [0.2, 0.25) is 0 Å². The molecule has 0 fully saturated rings. The lowest BCUT2D eigenvalue weighted by Gasteiger charge is -2.13. The van der Waals surface area contributed by atoms with Crippen molar-refractivity contribution >= 4 is 5.97 Å². The number of carbonyl (C=O) groups is 1. The molecule has 0 saturated heterocycles. The summed E-state index contributed by atoms with van der Waals surface area (Å²) in [5.74, 6) is -0.188. The Morgan fingerprint density at radius 2 is 1.80 bits per heavy atom. The first-order chi connectivity index (χ1) is 6.98. The molecule has 0 saturated carbocycles. The monoisotopic (exact) mass is 210 g/mol. The van der Waals surface area contributed by atoms with Crippen LogP contribution in [0.3, 0.4) is 0 Å². The number of ether oxygens (including phenoxy) is 1. The molecule has 0 unspecified atom stereocenters. The maximum atomic E-state index is 11.3. The molecule has 15 heavy (non-hydrogen) atoms. The highest BCUT2D eigenvalue weighted by atomic mass is 16.5. The van der Waals surface area contributed by atoms with Crippen molar-refractivity contribution in [1.82, 2.24) is 0 Å². The first-order valence-electron chi connectivity index (χ1n) is 5.45. The molecule has 86 valence electrons. The molecule has 0 heterocycles. The minimum Gasteiger partial charge on any atom is -0.434 e. The maximum absolute atomic E-state index is 11.3. The van der Waals surface area contributed by atoms with Gasteiger partial charge in [-0.05, 0) is 53.0 Å². The number of unbranched alkanes of at least 4 members (excludes halogenated alkanes) is 2. The van der Waals surface area contributed by atoms with Crippen molar-refractivity contribution in [3.05, 3.63) is 24.5 Å². The molecule has 0 radical (unpaired) electrons. The van der Waals surface area contributed by atoms with Gasteiger partial charge in [0.25, 0.3) is 0 Å². The Bertz CT molecular complexity index is 231. The van der Waals surface area contributed by atoms with Crippen molar-refractivity contribution in [2.45, 2.75) is 47.0 Å². The van der Waals surface area contributed by atoms with E-state index in [9.17, 15) is 4.79 Å². The Morgan fingerprint density at radius 1 is 1.20 bits per heavy atom. The van der Waals surface area contributed by atoms with Crippen LogP contribution in [0.5, 0.6) is 0 Å². The van der Waals surface area contributed by atoms with Gasteiger partial charge in [0, 0.05) is 0 Å². The average Bonchev–Trinajstić information content (AvgIpc) is 2.14. The average molecular weight is 210 g/mol. The lowest BCUT2D eigenvalue weighted by Crippen LogP contribution is -2.20. The van der Waals surface area contributed by atoms with Gasteiger partial charge in [-0.2, -0.15) is 0 Å². The second-order valence-corrected chi connectivity index (χ2v) is 4.53. The largest absolute Gasteiger partial charge is 0.434 e. The molecule has 0 N–H and O–H groups in total. The highest BCUT2D eigenvalue weighted by Crippen LogP contribution is 2.15. The van der Waals surface area contributed by atoms with Gasteiger partial charge < -0.3 is 4.74 Å². The van der Waals surface area contributed by atoms with E-state index >= 15 is 0 Å². The Balaban J connectivity index is 3.59. The molecule has 0 rings (SSSR count). The summed E-state index contributed by atoms with van der Waals surface area (Å²) in [6, 6.07) is 0. The van der Waals surface area contributed by atoms with Gasteiger partial charge in [0.05, 0.1) is 11.7 Å². The number of rotatable bonds is 5. The topological polar surface area (TPSA) is 26.3 Å². The Morgan fingerprint density at radius 3 is 2.33 bits per heavy atom. The summed E-state index contributed by atoms with van der Waals surface area (Å²) >= 11 is 0. The minimum absolute atomic E-state index is 0.188. The number of hydrogen-bond acceptors (Lipinski definition) is 2. The zero-order valence-electron chi connectivity index (χ0n) is 10.2. The molecule has 0 atom stereocenters. The molecule has 0 aromatic heterocycles. The third-order valence-electron chi connectivity index (χ3n) is 1.86. The second-order valence-electron chi connectivity index (χ2n) is 4.53. The summed E-state index contributed by atoms with van der Waals surface area (Å²) < 4.78 is 4.98. The van der Waals surface area contributed by atoms with E-state index in [4.69, 9.17) is 4.74 Å². The Labute approximate surface area is 93.0 Å². The Hall–Kier alpha value is -1.05. The first kappa shape index (κ1) is 13.9. The van der Waals surface area contributed by atoms with Crippen molar-refractivity contribution in [3.63, 3.8) is 0 Å². The lowest BCUT2D eigenvalue weighted by molar-refractivity contribution is -0.146. The fourth-order valence-electron chi connectivity index (χ4n) is 0.875. The first-order valence-corrected chi connectivity index (χ1v) is 5.45. The van der Waals surface area contributed by atoms with Crippen molar-refractivity contribution in [2.24, 2.45) is 5.41 Å². The Kier molecular flexibility index (Phi) is 6.76. The fourth-order valence-corrected chi connectivity index (χ4v) is 0.875. The van der Waals surface area contributed by atoms with Crippen LogP contribution in [-0.4, -0.2) is 5.97 Å². The normalized spacial score (nSPS) is 12.5. The van der Waals surface area contributed by atoms with Crippen molar-refractivity contribution in [3.8, 4) is 0 Å². The third-order valence-corrected chi connectivity index (χ3v) is 1.86. The summed E-state index contributed by atoms with van der Waals surface area (Å²) in [5, 5.41) is 0. The van der Waals surface area contributed by atoms with Crippen LogP contribution in [0.2, 0.25) is 0 Å². The molecular formula is C13H22O2. The molecule has 0 amide bonds. The highest BCUT2D eigenvalue weighted by Gasteiger charge is 2.21. The van der Waals surface area contributed by atoms with Crippen LogP contribution >= 0.6 is 0 Å². The smallest absolute Gasteiger partial charge is 0.316 e. The molecule has 0 aromatic rings. The second kappa shape index (κ2) is 7.27. The predicted molar refractivity (Wildman–Crippen MR) is 63.4 cm³/mol. The lowest BCUT2D eigenvalue weighted by atomic mass is 9.98. The summed E-state index contributed by atoms with van der Waals surface area (Å²) in [7, 11) is 0. The molecule has 2 nitrogen and oxygen atoms in total. The SMILES string of the molecule is CC=CCCCC=COC(=O)C(C)(C)C. The highest BCUT2D eigenvalue weighted by molar-refractivity contribution is 5.75. The molecule has 0 spiro atoms. The van der Waals surface area contributed by atoms with Crippen LogP contribution in [0, 0.1) is 5.41 Å². The van der Waals surface area contributed by atoms with E-state index in [0.29, 0.717) is 0 Å². The summed E-state index contributed by atoms with van der Waals surface area (Å²) in [6.07, 6.45) is 10.7. The van der Waals surface area contributed by atoms with Gasteiger partial charge in [-0.1, -0.05) is 12.2 Å². The van der Waals surface area contributed by atoms with Crippen molar-refractivity contribution < 1.29 is 9.53 Å². The molecule has 0 aliphatic carbocycles. The van der Waals surface area contributed by atoms with E-state index in [-0.39, 0.29) is 5.97 Å². The maximum Gasteiger partial charge on any atom is 0.316 e. The molecule has 0 bridgehead atoms. The third kappa shape index (κ3) is 7.98. The van der Waals surface area contributed by atoms with E-state index in [2.05, 4.69) is 6.08 Å². The van der Waals surface area contributed by atoms with E-state index in [1.807, 2.05) is 39.8 Å². The van der Waals surface area contributed by atoms with Crippen LogP contribution in [0.4, 0.5) is 0 Å². The van der Waals surface area contributed by atoms with E-state index in [1.54, 1.807) is 0 Å². The molecule has 0 aliphatic rings. The van der Waals surface area contributed by atoms with E-state index in [1.165, 1.54) is 6.26 Å². The number of esters is 1. The molecular weight excluding hydrogens is 188 g/mol. The van der Waals surface area contributed by atoms with Gasteiger partial charge >= 0.3 is 5.97 Å². The zero-order chi connectivity index (χ0) is 11.7. The fraction of sp³-hybridized carbons (Fsp3) is 0.615. The number of hydrogen-bond donors (Lipinski definition) is 0. The van der Waals surface area contributed by atoms with Gasteiger partial charge in [0.1, 0.15) is 0 Å². The van der Waals surface area contributed by atoms with Gasteiger partial charge in [-0.3, -0.25) is 4.79 Å². The molecule has 0 aliphatic heterocycles. The summed E-state index contributed by atoms with van der Waals surface area (Å²) in [4.78, 5) is 11.3. The van der Waals surface area contributed by atoms with Gasteiger partial charge in [0.15, 0.2) is 0 Å². The van der Waals surface area contributed by atoms with E-state index < -0.39 is 5.41 Å². The van der Waals surface area contributed by atoms with Crippen LogP contribution in [0.15, 0.2) is 24.5 Å². The van der Waals surface area contributed by atoms with E-state index in [0.717, 1.165) is 19.3 Å². The van der Waals surface area contributed by atoms with Gasteiger partial charge in [-0.15, -0.1) is 0 Å². The molecule has 0 aromatic carbocycles. The zero-order valence-corrected chi connectivity index (χ0v) is 10.2. The standard InChI is InChI=1S/C13H22O2/c1-5-6-7-8-9-10-11-15-12(14)13(2,3)4/h5-6,10-11H,7-9H2,1-4H3. The number of carbonyl (C=O) groups excluding carboxylic acids is 1. The van der Waals surface area contributed by atoms with Crippen molar-refractivity contribution in [1.29, 1.82) is 0 Å². The van der Waals surface area contributed by atoms with Crippen LogP contribution in [0.1, 0.15) is 47.0 Å². The minimum atomic E-state index is -0.421. The number of allylic oxidation sites excluding steroid dienone is 3. The summed E-state index contributed by atoms with van der Waals surface area (Å²) in [5.41, 5.74) is -0.421. The van der Waals surface area contributed by atoms with Crippen LogP contribution < -0.4 is 0 Å². The predicted octanol–water partition coefficient (Wildman–Crippen LogP) is 3.84. The van der Waals surface area contributed by atoms with Crippen LogP contribution in [0.25, 0.3) is 0 Å². The van der Waals surface area contributed by atoms with Crippen molar-refractivity contribution in [2.75, 3.05) is 0 Å². The summed E-state index contributed by atoms with van der Waals surface area (Å²) in [6.45, 7) is 7.54. The quantitative estimate of drug-likeness (QED) is 0.298. The molecule has 2 heteroatoms.